The third kappa shape index (κ3) is 7.07. The van der Waals surface area contributed by atoms with Crippen molar-refractivity contribution in [2.24, 2.45) is 0 Å². The van der Waals surface area contributed by atoms with Crippen LogP contribution in [0.25, 0.3) is 11.1 Å². The van der Waals surface area contributed by atoms with Crippen LogP contribution in [0, 0.1) is 11.6 Å². The Morgan fingerprint density at radius 1 is 0.833 bits per heavy atom. The number of hydrogen-bond acceptors (Lipinski definition) is 4. The number of halogens is 4. The van der Waals surface area contributed by atoms with Crippen LogP contribution in [0.15, 0.2) is 66.7 Å². The maximum atomic E-state index is 14.4. The zero-order valence-electron chi connectivity index (χ0n) is 20.2. The predicted molar refractivity (Wildman–Crippen MR) is 127 cm³/mol. The molecule has 3 rings (SSSR count). The van der Waals surface area contributed by atoms with Gasteiger partial charge in [-0.3, -0.25) is 14.5 Å². The molecule has 0 aromatic heterocycles. The van der Waals surface area contributed by atoms with E-state index in [1.165, 1.54) is 36.4 Å². The zero-order chi connectivity index (χ0) is 26.7. The number of amides is 1. The van der Waals surface area contributed by atoms with E-state index < -0.39 is 47.3 Å². The van der Waals surface area contributed by atoms with Gasteiger partial charge in [-0.25, -0.2) is 8.78 Å². The van der Waals surface area contributed by atoms with E-state index in [2.05, 4.69) is 4.74 Å². The van der Waals surface area contributed by atoms with Gasteiger partial charge in [-0.15, -0.1) is 0 Å². The summed E-state index contributed by atoms with van der Waals surface area (Å²) < 4.78 is 64.9. The lowest BCUT2D eigenvalue weighted by atomic mass is 10.0. The van der Waals surface area contributed by atoms with Crippen molar-refractivity contribution in [2.75, 3.05) is 11.4 Å². The van der Waals surface area contributed by atoms with Gasteiger partial charge in [0, 0.05) is 12.6 Å². The van der Waals surface area contributed by atoms with Crippen molar-refractivity contribution < 1.29 is 36.6 Å². The average Bonchev–Trinajstić information content (AvgIpc) is 2.75. The van der Waals surface area contributed by atoms with Crippen molar-refractivity contribution in [2.45, 2.75) is 39.4 Å². The number of hydrogen-bond donors (Lipinski definition) is 0. The average molecular weight is 503 g/mol. The minimum absolute atomic E-state index is 0.0424. The Labute approximate surface area is 206 Å². The second kappa shape index (κ2) is 10.4. The molecule has 0 aliphatic carbocycles. The van der Waals surface area contributed by atoms with Crippen molar-refractivity contribution in [1.29, 1.82) is 0 Å². The molecule has 5 nitrogen and oxygen atoms in total. The van der Waals surface area contributed by atoms with Crippen LogP contribution in [-0.2, 0) is 9.53 Å². The molecule has 0 N–H and O–H groups in total. The van der Waals surface area contributed by atoms with Crippen LogP contribution >= 0.6 is 0 Å². The molecule has 36 heavy (non-hydrogen) atoms. The van der Waals surface area contributed by atoms with Gasteiger partial charge in [0.05, 0.1) is 0 Å². The maximum Gasteiger partial charge on any atom is 0.394 e. The van der Waals surface area contributed by atoms with Crippen LogP contribution < -0.4 is 9.64 Å². The van der Waals surface area contributed by atoms with E-state index in [1.807, 2.05) is 0 Å². The molecule has 0 unspecified atom stereocenters. The predicted octanol–water partition coefficient (Wildman–Crippen LogP) is 6.61. The number of alkyl halides is 2. The molecule has 0 aliphatic rings. The lowest BCUT2D eigenvalue weighted by molar-refractivity contribution is -0.159. The monoisotopic (exact) mass is 503 g/mol. The van der Waals surface area contributed by atoms with Crippen molar-refractivity contribution in [3.05, 3.63) is 83.9 Å². The third-order valence-electron chi connectivity index (χ3n) is 4.77. The molecule has 0 saturated heterocycles. The van der Waals surface area contributed by atoms with Gasteiger partial charge in [-0.05, 0) is 68.3 Å². The van der Waals surface area contributed by atoms with Crippen molar-refractivity contribution in [3.63, 3.8) is 0 Å². The van der Waals surface area contributed by atoms with E-state index in [4.69, 9.17) is 4.74 Å². The summed E-state index contributed by atoms with van der Waals surface area (Å²) in [5.41, 5.74) is -0.348. The highest BCUT2D eigenvalue weighted by Gasteiger charge is 2.28. The van der Waals surface area contributed by atoms with E-state index in [1.54, 1.807) is 32.9 Å². The summed E-state index contributed by atoms with van der Waals surface area (Å²) in [5, 5.41) is 0. The molecular formula is C27H25F4NO4. The van der Waals surface area contributed by atoms with Crippen molar-refractivity contribution in [1.82, 2.24) is 0 Å². The standard InChI is InChI=1S/C27H25F4NO4/c1-26(2,3)36-23(33)16-32(25(34)24-21(28)9-6-10-22(24)29)19-8-5-7-18(15-19)17-11-13-20(14-12-17)35-27(4,30)31/h5-15H,16H2,1-4H3. The largest absolute Gasteiger partial charge is 0.459 e. The van der Waals surface area contributed by atoms with Crippen molar-refractivity contribution in [3.8, 4) is 16.9 Å². The van der Waals surface area contributed by atoms with Gasteiger partial charge >= 0.3 is 12.1 Å². The van der Waals surface area contributed by atoms with E-state index in [9.17, 15) is 27.2 Å². The second-order valence-corrected chi connectivity index (χ2v) is 9.06. The summed E-state index contributed by atoms with van der Waals surface area (Å²) >= 11 is 0. The third-order valence-corrected chi connectivity index (χ3v) is 4.77. The molecular weight excluding hydrogens is 478 g/mol. The van der Waals surface area contributed by atoms with Gasteiger partial charge in [0.15, 0.2) is 0 Å². The Morgan fingerprint density at radius 3 is 1.97 bits per heavy atom. The summed E-state index contributed by atoms with van der Waals surface area (Å²) in [6.45, 7) is 4.97. The number of esters is 1. The molecule has 0 saturated carbocycles. The molecule has 0 bridgehead atoms. The smallest absolute Gasteiger partial charge is 0.394 e. The van der Waals surface area contributed by atoms with Crippen LogP contribution in [0.2, 0.25) is 0 Å². The normalized spacial score (nSPS) is 11.7. The highest BCUT2D eigenvalue weighted by Crippen LogP contribution is 2.29. The first-order valence-corrected chi connectivity index (χ1v) is 11.0. The SMILES string of the molecule is CC(C)(C)OC(=O)CN(C(=O)c1c(F)cccc1F)c1cccc(-c2ccc(OC(C)(F)F)cc2)c1. The highest BCUT2D eigenvalue weighted by atomic mass is 19.3. The maximum absolute atomic E-state index is 14.4. The first-order chi connectivity index (χ1) is 16.7. The molecule has 1 amide bonds. The van der Waals surface area contributed by atoms with Crippen LogP contribution in [-0.4, -0.2) is 30.1 Å². The van der Waals surface area contributed by atoms with Gasteiger partial charge in [0.1, 0.15) is 35.1 Å². The number of anilines is 1. The molecule has 0 fully saturated rings. The second-order valence-electron chi connectivity index (χ2n) is 9.06. The summed E-state index contributed by atoms with van der Waals surface area (Å²) in [7, 11) is 0. The number of carbonyl (C=O) groups is 2. The molecule has 0 heterocycles. The highest BCUT2D eigenvalue weighted by molar-refractivity contribution is 6.09. The van der Waals surface area contributed by atoms with Gasteiger partial charge < -0.3 is 9.47 Å². The Bertz CT molecular complexity index is 1230. The lowest BCUT2D eigenvalue weighted by Crippen LogP contribution is -2.39. The Balaban J connectivity index is 1.99. The molecule has 9 heteroatoms. The summed E-state index contributed by atoms with van der Waals surface area (Å²) in [4.78, 5) is 26.8. The number of rotatable bonds is 7. The fraction of sp³-hybridized carbons (Fsp3) is 0.259. The van der Waals surface area contributed by atoms with Gasteiger partial charge in [-0.2, -0.15) is 8.78 Å². The van der Waals surface area contributed by atoms with E-state index in [0.717, 1.165) is 23.1 Å². The van der Waals surface area contributed by atoms with Gasteiger partial charge in [0.25, 0.3) is 5.91 Å². The summed E-state index contributed by atoms with van der Waals surface area (Å²) in [6, 6.07) is 15.1. The first kappa shape index (κ1) is 26.7. The fourth-order valence-corrected chi connectivity index (χ4v) is 3.40. The first-order valence-electron chi connectivity index (χ1n) is 11.0. The molecule has 0 radical (unpaired) electrons. The Hall–Kier alpha value is -3.88. The molecule has 190 valence electrons. The minimum Gasteiger partial charge on any atom is -0.459 e. The minimum atomic E-state index is -3.34. The van der Waals surface area contributed by atoms with Crippen LogP contribution in [0.5, 0.6) is 5.75 Å². The topological polar surface area (TPSA) is 55.8 Å². The van der Waals surface area contributed by atoms with E-state index in [0.29, 0.717) is 18.1 Å². The van der Waals surface area contributed by atoms with Crippen LogP contribution in [0.3, 0.4) is 0 Å². The van der Waals surface area contributed by atoms with E-state index in [-0.39, 0.29) is 11.4 Å². The molecule has 3 aromatic carbocycles. The molecule has 0 atom stereocenters. The zero-order valence-corrected chi connectivity index (χ0v) is 20.2. The number of carbonyl (C=O) groups excluding carboxylic acids is 2. The van der Waals surface area contributed by atoms with Gasteiger partial charge in [-0.1, -0.05) is 30.3 Å². The Kier molecular flexibility index (Phi) is 7.71. The fourth-order valence-electron chi connectivity index (χ4n) is 3.40. The lowest BCUT2D eigenvalue weighted by Gasteiger charge is -2.26. The number of ether oxygens (including phenoxy) is 2. The Morgan fingerprint density at radius 2 is 1.42 bits per heavy atom. The summed E-state index contributed by atoms with van der Waals surface area (Å²) in [6.07, 6.45) is -3.34. The molecule has 3 aromatic rings. The van der Waals surface area contributed by atoms with E-state index >= 15 is 0 Å². The number of benzene rings is 3. The molecule has 0 spiro atoms. The quantitative estimate of drug-likeness (QED) is 0.269. The van der Waals surface area contributed by atoms with Gasteiger partial charge in [0.2, 0.25) is 0 Å². The van der Waals surface area contributed by atoms with Crippen molar-refractivity contribution >= 4 is 17.6 Å². The summed E-state index contributed by atoms with van der Waals surface area (Å²) in [5.74, 6) is -4.04. The molecule has 0 aliphatic heterocycles. The van der Waals surface area contributed by atoms with Crippen LogP contribution in [0.1, 0.15) is 38.1 Å². The number of nitrogens with zero attached hydrogens (tertiary/aromatic N) is 1. The van der Waals surface area contributed by atoms with Crippen LogP contribution in [0.4, 0.5) is 23.2 Å².